The van der Waals surface area contributed by atoms with Crippen LogP contribution in [0.4, 0.5) is 0 Å². The number of rotatable bonds is 0. The van der Waals surface area contributed by atoms with E-state index >= 15 is 0 Å². The summed E-state index contributed by atoms with van der Waals surface area (Å²) >= 11 is 2.37. The molecule has 0 radical (unpaired) electrons. The standard InChI is InChI=1S/C12H21NS/c1-3-7-11-9(5-1)13-10-6-2-4-8-12(10)14-11/h9-13H,1-8H2/p+1/t9-,10-,11-,12-/m0/s1. The van der Waals surface area contributed by atoms with Crippen molar-refractivity contribution in [3.8, 4) is 0 Å². The molecule has 4 atom stereocenters. The Morgan fingerprint density at radius 2 is 1.21 bits per heavy atom. The van der Waals surface area contributed by atoms with Crippen molar-refractivity contribution in [2.75, 3.05) is 0 Å². The van der Waals surface area contributed by atoms with E-state index in [1.165, 1.54) is 51.4 Å². The first kappa shape index (κ1) is 9.53. The van der Waals surface area contributed by atoms with Gasteiger partial charge in [0.2, 0.25) is 0 Å². The van der Waals surface area contributed by atoms with E-state index in [9.17, 15) is 0 Å². The third-order valence-corrected chi connectivity index (χ3v) is 6.22. The quantitative estimate of drug-likeness (QED) is 0.649. The first-order valence-corrected chi connectivity index (χ1v) is 7.38. The Kier molecular flexibility index (Phi) is 2.76. The molecule has 0 bridgehead atoms. The van der Waals surface area contributed by atoms with E-state index in [2.05, 4.69) is 17.1 Å². The van der Waals surface area contributed by atoms with Crippen molar-refractivity contribution in [1.29, 1.82) is 0 Å². The number of nitrogens with two attached hydrogens (primary N) is 1. The molecule has 3 rings (SSSR count). The molecule has 1 heterocycles. The van der Waals surface area contributed by atoms with Crippen LogP contribution >= 0.6 is 11.8 Å². The molecule has 2 N–H and O–H groups in total. The van der Waals surface area contributed by atoms with Gasteiger partial charge in [0, 0.05) is 12.8 Å². The largest absolute Gasteiger partial charge is 0.340 e. The molecule has 3 fully saturated rings. The van der Waals surface area contributed by atoms with E-state index in [1.807, 2.05) is 0 Å². The summed E-state index contributed by atoms with van der Waals surface area (Å²) in [4.78, 5) is 0. The van der Waals surface area contributed by atoms with Crippen molar-refractivity contribution in [1.82, 2.24) is 0 Å². The van der Waals surface area contributed by atoms with Crippen LogP contribution in [0.3, 0.4) is 0 Å². The monoisotopic (exact) mass is 212 g/mol. The fourth-order valence-electron chi connectivity index (χ4n) is 3.57. The normalized spacial score (nSPS) is 48.0. The Hall–Kier alpha value is 0.310. The molecule has 2 heteroatoms. The van der Waals surface area contributed by atoms with Crippen molar-refractivity contribution < 1.29 is 5.32 Å². The second kappa shape index (κ2) is 4.05. The zero-order chi connectivity index (χ0) is 9.38. The Labute approximate surface area is 91.4 Å². The summed E-state index contributed by atoms with van der Waals surface area (Å²) in [5.41, 5.74) is 0. The van der Waals surface area contributed by atoms with Gasteiger partial charge in [0.25, 0.3) is 0 Å². The van der Waals surface area contributed by atoms with E-state index in [-0.39, 0.29) is 0 Å². The molecule has 0 unspecified atom stereocenters. The van der Waals surface area contributed by atoms with Gasteiger partial charge in [-0.3, -0.25) is 0 Å². The molecule has 80 valence electrons. The maximum atomic E-state index is 2.77. The van der Waals surface area contributed by atoms with Gasteiger partial charge in [-0.2, -0.15) is 0 Å². The molecular formula is C12H22NS+. The second-order valence-electron chi connectivity index (χ2n) is 5.30. The average molecular weight is 212 g/mol. The maximum Gasteiger partial charge on any atom is 0.0981 e. The Bertz CT molecular complexity index is 164. The summed E-state index contributed by atoms with van der Waals surface area (Å²) in [7, 11) is 0. The molecular weight excluding hydrogens is 190 g/mol. The topological polar surface area (TPSA) is 16.6 Å². The van der Waals surface area contributed by atoms with Crippen LogP contribution in [0.5, 0.6) is 0 Å². The van der Waals surface area contributed by atoms with Crippen LogP contribution in [0.25, 0.3) is 0 Å². The lowest BCUT2D eigenvalue weighted by atomic mass is 9.89. The van der Waals surface area contributed by atoms with Crippen LogP contribution in [0.15, 0.2) is 0 Å². The van der Waals surface area contributed by atoms with Crippen molar-refractivity contribution >= 4 is 11.8 Å². The summed E-state index contributed by atoms with van der Waals surface area (Å²) < 4.78 is 0. The average Bonchev–Trinajstić information content (AvgIpc) is 2.26. The highest BCUT2D eigenvalue weighted by Crippen LogP contribution is 2.38. The lowest BCUT2D eigenvalue weighted by Gasteiger charge is -2.43. The molecule has 0 aromatic heterocycles. The van der Waals surface area contributed by atoms with E-state index in [1.54, 1.807) is 0 Å². The summed E-state index contributed by atoms with van der Waals surface area (Å²) in [5, 5.41) is 4.80. The van der Waals surface area contributed by atoms with E-state index in [0.717, 1.165) is 22.6 Å². The Balaban J connectivity index is 1.68. The van der Waals surface area contributed by atoms with Crippen molar-refractivity contribution in [3.63, 3.8) is 0 Å². The molecule has 1 saturated heterocycles. The van der Waals surface area contributed by atoms with Gasteiger partial charge >= 0.3 is 0 Å². The highest BCUT2D eigenvalue weighted by Gasteiger charge is 2.42. The first-order valence-electron chi connectivity index (χ1n) is 6.44. The molecule has 2 aliphatic carbocycles. The smallest absolute Gasteiger partial charge is 0.0981 e. The number of thioether (sulfide) groups is 1. The third kappa shape index (κ3) is 1.71. The van der Waals surface area contributed by atoms with Crippen LogP contribution in [0, 0.1) is 0 Å². The predicted molar refractivity (Wildman–Crippen MR) is 61.6 cm³/mol. The second-order valence-corrected chi connectivity index (χ2v) is 6.79. The summed E-state index contributed by atoms with van der Waals surface area (Å²) in [6, 6.07) is 1.99. The minimum Gasteiger partial charge on any atom is -0.340 e. The van der Waals surface area contributed by atoms with Crippen molar-refractivity contribution in [2.24, 2.45) is 0 Å². The summed E-state index contributed by atoms with van der Waals surface area (Å²) in [6.07, 6.45) is 12.0. The summed E-state index contributed by atoms with van der Waals surface area (Å²) in [5.74, 6) is 0. The third-order valence-electron chi connectivity index (χ3n) is 4.35. The molecule has 14 heavy (non-hydrogen) atoms. The van der Waals surface area contributed by atoms with Crippen LogP contribution in [-0.4, -0.2) is 22.6 Å². The van der Waals surface area contributed by atoms with Gasteiger partial charge in [0.15, 0.2) is 0 Å². The molecule has 3 aliphatic rings. The lowest BCUT2D eigenvalue weighted by Crippen LogP contribution is -3.00. The predicted octanol–water partition coefficient (Wildman–Crippen LogP) is 1.92. The zero-order valence-corrected chi connectivity index (χ0v) is 9.77. The number of hydrogen-bond acceptors (Lipinski definition) is 1. The van der Waals surface area contributed by atoms with E-state index < -0.39 is 0 Å². The highest BCUT2D eigenvalue weighted by atomic mass is 32.2. The molecule has 1 aliphatic heterocycles. The maximum absolute atomic E-state index is 2.77. The van der Waals surface area contributed by atoms with Gasteiger partial charge in [-0.15, -0.1) is 11.8 Å². The minimum atomic E-state index is 0.994. The SMILES string of the molecule is C1CC[C@@H]2S[C@H]3CCCC[C@@H]3[NH2+][C@H]2C1. The fraction of sp³-hybridized carbons (Fsp3) is 1.00. The van der Waals surface area contributed by atoms with Crippen LogP contribution in [0.1, 0.15) is 51.4 Å². The van der Waals surface area contributed by atoms with Crippen LogP contribution in [-0.2, 0) is 0 Å². The number of fused-ring (bicyclic) bond motifs is 2. The van der Waals surface area contributed by atoms with Gasteiger partial charge < -0.3 is 5.32 Å². The molecule has 0 spiro atoms. The molecule has 1 nitrogen and oxygen atoms in total. The molecule has 2 saturated carbocycles. The fourth-order valence-corrected chi connectivity index (χ4v) is 5.48. The van der Waals surface area contributed by atoms with Gasteiger partial charge in [0.05, 0.1) is 22.6 Å². The molecule has 0 amide bonds. The molecule has 0 aromatic rings. The van der Waals surface area contributed by atoms with Gasteiger partial charge in [-0.1, -0.05) is 12.8 Å². The van der Waals surface area contributed by atoms with Crippen molar-refractivity contribution in [2.45, 2.75) is 74.0 Å². The zero-order valence-electron chi connectivity index (χ0n) is 8.95. The highest BCUT2D eigenvalue weighted by molar-refractivity contribution is 8.00. The van der Waals surface area contributed by atoms with E-state index in [0.29, 0.717) is 0 Å². The van der Waals surface area contributed by atoms with Gasteiger partial charge in [0.1, 0.15) is 0 Å². The van der Waals surface area contributed by atoms with E-state index in [4.69, 9.17) is 0 Å². The number of quaternary nitrogens is 1. The Morgan fingerprint density at radius 1 is 0.714 bits per heavy atom. The Morgan fingerprint density at radius 3 is 1.79 bits per heavy atom. The van der Waals surface area contributed by atoms with Gasteiger partial charge in [-0.25, -0.2) is 0 Å². The molecule has 0 aromatic carbocycles. The summed E-state index contributed by atoms with van der Waals surface area (Å²) in [6.45, 7) is 0. The lowest BCUT2D eigenvalue weighted by molar-refractivity contribution is -0.726. The number of hydrogen-bond donors (Lipinski definition) is 1. The van der Waals surface area contributed by atoms with Crippen LogP contribution < -0.4 is 5.32 Å². The van der Waals surface area contributed by atoms with Gasteiger partial charge in [-0.05, 0) is 25.7 Å². The van der Waals surface area contributed by atoms with Crippen molar-refractivity contribution in [3.05, 3.63) is 0 Å². The minimum absolute atomic E-state index is 0.994. The van der Waals surface area contributed by atoms with Crippen LogP contribution in [0.2, 0.25) is 0 Å². The first-order chi connectivity index (χ1) is 6.93.